The fraction of sp³-hybridized carbons (Fsp3) is 0.0909. The van der Waals surface area contributed by atoms with Crippen LogP contribution in [0.2, 0.25) is 0 Å². The van der Waals surface area contributed by atoms with Crippen LogP contribution >= 0.6 is 0 Å². The molecule has 1 N–H and O–H groups in total. The van der Waals surface area contributed by atoms with Gasteiger partial charge in [0.1, 0.15) is 0 Å². The van der Waals surface area contributed by atoms with Crippen LogP contribution in [0.5, 0.6) is 11.5 Å². The van der Waals surface area contributed by atoms with Crippen LogP contribution in [0.1, 0.15) is 5.56 Å². The fourth-order valence-corrected chi connectivity index (χ4v) is 2.57. The number of hydrogen-bond acceptors (Lipinski definition) is 4. The first-order valence-electron chi connectivity index (χ1n) is 8.36. The molecule has 1 amide bonds. The maximum atomic E-state index is 12.1. The molecule has 3 aromatic rings. The van der Waals surface area contributed by atoms with Gasteiger partial charge in [0.05, 0.1) is 18.7 Å². The van der Waals surface area contributed by atoms with E-state index < -0.39 is 0 Å². The van der Waals surface area contributed by atoms with Crippen molar-refractivity contribution in [3.05, 3.63) is 78.4 Å². The molecule has 0 aliphatic rings. The third-order valence-electron chi connectivity index (χ3n) is 3.93. The molecule has 0 heterocycles. The average molecular weight is 358 g/mol. The van der Waals surface area contributed by atoms with Gasteiger partial charge in [-0.15, -0.1) is 0 Å². The van der Waals surface area contributed by atoms with Crippen molar-refractivity contribution in [3.8, 4) is 28.7 Å². The van der Waals surface area contributed by atoms with Gasteiger partial charge in [0.25, 0.3) is 5.91 Å². The Labute approximate surface area is 157 Å². The van der Waals surface area contributed by atoms with E-state index >= 15 is 0 Å². The first-order valence-corrected chi connectivity index (χ1v) is 8.36. The van der Waals surface area contributed by atoms with Crippen LogP contribution in [0.25, 0.3) is 11.1 Å². The van der Waals surface area contributed by atoms with Crippen molar-refractivity contribution < 1.29 is 14.3 Å². The number of nitrogens with one attached hydrogen (secondary N) is 1. The van der Waals surface area contributed by atoms with Crippen LogP contribution in [0, 0.1) is 11.3 Å². The molecule has 27 heavy (non-hydrogen) atoms. The van der Waals surface area contributed by atoms with E-state index in [-0.39, 0.29) is 12.5 Å². The van der Waals surface area contributed by atoms with Gasteiger partial charge in [-0.25, -0.2) is 0 Å². The summed E-state index contributed by atoms with van der Waals surface area (Å²) in [4.78, 5) is 12.1. The summed E-state index contributed by atoms with van der Waals surface area (Å²) in [7, 11) is 1.48. The van der Waals surface area contributed by atoms with E-state index in [9.17, 15) is 4.79 Å². The Kier molecular flexibility index (Phi) is 5.70. The molecular weight excluding hydrogens is 340 g/mol. The predicted molar refractivity (Wildman–Crippen MR) is 104 cm³/mol. The fourth-order valence-electron chi connectivity index (χ4n) is 2.57. The van der Waals surface area contributed by atoms with Gasteiger partial charge in [0, 0.05) is 11.8 Å². The van der Waals surface area contributed by atoms with Gasteiger partial charge in [-0.05, 0) is 35.4 Å². The van der Waals surface area contributed by atoms with Gasteiger partial charge in [0.2, 0.25) is 0 Å². The lowest BCUT2D eigenvalue weighted by Gasteiger charge is -2.11. The molecule has 134 valence electrons. The van der Waals surface area contributed by atoms with Crippen LogP contribution in [-0.4, -0.2) is 19.6 Å². The van der Waals surface area contributed by atoms with E-state index in [0.717, 1.165) is 11.1 Å². The highest BCUT2D eigenvalue weighted by Crippen LogP contribution is 2.28. The molecule has 0 aromatic heterocycles. The summed E-state index contributed by atoms with van der Waals surface area (Å²) in [5.41, 5.74) is 3.34. The Morgan fingerprint density at radius 1 is 0.963 bits per heavy atom. The standard InChI is InChI=1S/C22H18N2O3/c1-26-21-13-16(14-23)7-12-20(21)27-15-22(25)24-19-10-8-18(9-11-19)17-5-3-2-4-6-17/h2-13H,15H2,1H3,(H,24,25). The molecule has 0 atom stereocenters. The predicted octanol–water partition coefficient (Wildman–Crippen LogP) is 4.25. The van der Waals surface area contributed by atoms with Gasteiger partial charge in [-0.2, -0.15) is 5.26 Å². The normalized spacial score (nSPS) is 9.93. The summed E-state index contributed by atoms with van der Waals surface area (Å²) >= 11 is 0. The zero-order valence-electron chi connectivity index (χ0n) is 14.8. The highest BCUT2D eigenvalue weighted by Gasteiger charge is 2.09. The van der Waals surface area contributed by atoms with Crippen LogP contribution in [0.3, 0.4) is 0 Å². The van der Waals surface area contributed by atoms with E-state index in [2.05, 4.69) is 5.32 Å². The summed E-state index contributed by atoms with van der Waals surface area (Å²) in [6.07, 6.45) is 0. The highest BCUT2D eigenvalue weighted by molar-refractivity contribution is 5.92. The van der Waals surface area contributed by atoms with E-state index in [0.29, 0.717) is 22.7 Å². The molecule has 0 aliphatic heterocycles. The van der Waals surface area contributed by atoms with Crippen molar-refractivity contribution in [1.29, 1.82) is 5.26 Å². The second-order valence-electron chi connectivity index (χ2n) is 5.76. The molecular formula is C22H18N2O3. The molecule has 5 heteroatoms. The minimum atomic E-state index is -0.283. The van der Waals surface area contributed by atoms with Gasteiger partial charge < -0.3 is 14.8 Å². The summed E-state index contributed by atoms with van der Waals surface area (Å²) < 4.78 is 10.7. The number of hydrogen-bond donors (Lipinski definition) is 1. The maximum Gasteiger partial charge on any atom is 0.262 e. The van der Waals surface area contributed by atoms with Crippen LogP contribution in [-0.2, 0) is 4.79 Å². The van der Waals surface area contributed by atoms with E-state index in [4.69, 9.17) is 14.7 Å². The molecule has 0 saturated heterocycles. The highest BCUT2D eigenvalue weighted by atomic mass is 16.5. The smallest absolute Gasteiger partial charge is 0.262 e. The number of amides is 1. The number of rotatable bonds is 6. The molecule has 0 saturated carbocycles. The van der Waals surface area contributed by atoms with E-state index in [1.165, 1.54) is 7.11 Å². The SMILES string of the molecule is COc1cc(C#N)ccc1OCC(=O)Nc1ccc(-c2ccccc2)cc1. The summed E-state index contributed by atoms with van der Waals surface area (Å²) in [5, 5.41) is 11.7. The number of anilines is 1. The minimum Gasteiger partial charge on any atom is -0.493 e. The maximum absolute atomic E-state index is 12.1. The van der Waals surface area contributed by atoms with Crippen molar-refractivity contribution in [2.24, 2.45) is 0 Å². The Morgan fingerprint density at radius 3 is 2.33 bits per heavy atom. The number of benzene rings is 3. The number of methoxy groups -OCH3 is 1. The topological polar surface area (TPSA) is 71.3 Å². The van der Waals surface area contributed by atoms with Gasteiger partial charge in [0.15, 0.2) is 18.1 Å². The molecule has 5 nitrogen and oxygen atoms in total. The van der Waals surface area contributed by atoms with Crippen LogP contribution < -0.4 is 14.8 Å². The molecule has 3 aromatic carbocycles. The second-order valence-corrected chi connectivity index (χ2v) is 5.76. The number of nitrogens with zero attached hydrogens (tertiary/aromatic N) is 1. The number of carbonyl (C=O) groups is 1. The Balaban J connectivity index is 1.59. The quantitative estimate of drug-likeness (QED) is 0.715. The van der Waals surface area contributed by atoms with E-state index in [1.807, 2.05) is 60.7 Å². The molecule has 3 rings (SSSR count). The molecule has 0 spiro atoms. The van der Waals surface area contributed by atoms with Crippen LogP contribution in [0.15, 0.2) is 72.8 Å². The monoisotopic (exact) mass is 358 g/mol. The lowest BCUT2D eigenvalue weighted by molar-refractivity contribution is -0.118. The minimum absolute atomic E-state index is 0.164. The van der Waals surface area contributed by atoms with Crippen molar-refractivity contribution in [3.63, 3.8) is 0 Å². The Bertz CT molecular complexity index is 961. The number of carbonyl (C=O) groups excluding carboxylic acids is 1. The third-order valence-corrected chi connectivity index (χ3v) is 3.93. The van der Waals surface area contributed by atoms with Crippen molar-refractivity contribution >= 4 is 11.6 Å². The van der Waals surface area contributed by atoms with Gasteiger partial charge >= 0.3 is 0 Å². The average Bonchev–Trinajstić information content (AvgIpc) is 2.73. The Morgan fingerprint density at radius 2 is 1.67 bits per heavy atom. The van der Waals surface area contributed by atoms with Crippen molar-refractivity contribution in [2.45, 2.75) is 0 Å². The molecule has 0 unspecified atom stereocenters. The Hall–Kier alpha value is -3.78. The molecule has 0 radical (unpaired) electrons. The first kappa shape index (κ1) is 18.0. The van der Waals surface area contributed by atoms with Gasteiger partial charge in [-0.3, -0.25) is 4.79 Å². The lowest BCUT2D eigenvalue weighted by atomic mass is 10.1. The molecule has 0 bridgehead atoms. The number of nitriles is 1. The largest absolute Gasteiger partial charge is 0.493 e. The third kappa shape index (κ3) is 4.65. The van der Waals surface area contributed by atoms with Gasteiger partial charge in [-0.1, -0.05) is 42.5 Å². The van der Waals surface area contributed by atoms with Crippen molar-refractivity contribution in [2.75, 3.05) is 19.0 Å². The molecule has 0 aliphatic carbocycles. The first-order chi connectivity index (χ1) is 13.2. The zero-order chi connectivity index (χ0) is 19.1. The number of ether oxygens (including phenoxy) is 2. The zero-order valence-corrected chi connectivity index (χ0v) is 14.8. The van der Waals surface area contributed by atoms with Crippen molar-refractivity contribution in [1.82, 2.24) is 0 Å². The summed E-state index contributed by atoms with van der Waals surface area (Å²) in [6, 6.07) is 24.4. The van der Waals surface area contributed by atoms with Crippen LogP contribution in [0.4, 0.5) is 5.69 Å². The summed E-state index contributed by atoms with van der Waals surface area (Å²) in [6.45, 7) is -0.164. The van der Waals surface area contributed by atoms with E-state index in [1.54, 1.807) is 18.2 Å². The lowest BCUT2D eigenvalue weighted by Crippen LogP contribution is -2.20. The summed E-state index contributed by atoms with van der Waals surface area (Å²) in [5.74, 6) is 0.536. The molecule has 0 fully saturated rings. The second kappa shape index (κ2) is 8.54.